The first-order valence-corrected chi connectivity index (χ1v) is 12.9. The van der Waals surface area contributed by atoms with Gasteiger partial charge < -0.3 is 9.80 Å². The Morgan fingerprint density at radius 2 is 1.85 bits per heavy atom. The predicted molar refractivity (Wildman–Crippen MR) is 143 cm³/mol. The van der Waals surface area contributed by atoms with Gasteiger partial charge in [0.25, 0.3) is 0 Å². The maximum Gasteiger partial charge on any atom is 0.222 e. The predicted octanol–water partition coefficient (Wildman–Crippen LogP) is 7.02. The normalized spacial score (nSPS) is 20.2. The Labute approximate surface area is 203 Å². The molecule has 2 fully saturated rings. The summed E-state index contributed by atoms with van der Waals surface area (Å²) in [6, 6.07) is 0. The number of likely N-dealkylation sites (tertiary alicyclic amines) is 2. The lowest BCUT2D eigenvalue weighted by molar-refractivity contribution is -0.134. The highest BCUT2D eigenvalue weighted by Crippen LogP contribution is 2.32. The van der Waals surface area contributed by atoms with Gasteiger partial charge in [0.1, 0.15) is 0 Å². The molecule has 0 aromatic rings. The highest BCUT2D eigenvalue weighted by molar-refractivity contribution is 5.76. The number of nitrogens with zero attached hydrogens (tertiary/aromatic N) is 2. The van der Waals surface area contributed by atoms with Crippen molar-refractivity contribution < 1.29 is 4.79 Å². The van der Waals surface area contributed by atoms with Crippen molar-refractivity contribution in [2.75, 3.05) is 32.7 Å². The first-order chi connectivity index (χ1) is 15.8. The number of allylic oxidation sites excluding steroid dienone is 9. The zero-order chi connectivity index (χ0) is 24.3. The number of carbonyl (C=O) groups excluding carboxylic acids is 1. The average Bonchev–Trinajstić information content (AvgIpc) is 2.80. The van der Waals surface area contributed by atoms with Crippen LogP contribution in [0.15, 0.2) is 71.9 Å². The average molecular weight is 451 g/mol. The SMILES string of the molecule is C=C/C=C(\C=C)C(=C1CCN(CCCC(=O)N2CCCC(C)(C)C2)CC1)C(/C=C\CC)=C/C. The Morgan fingerprint density at radius 3 is 2.42 bits per heavy atom. The molecule has 33 heavy (non-hydrogen) atoms. The molecule has 0 N–H and O–H groups in total. The fraction of sp³-hybridized carbons (Fsp3) is 0.567. The molecule has 182 valence electrons. The fourth-order valence-corrected chi connectivity index (χ4v) is 5.07. The minimum atomic E-state index is 0.268. The van der Waals surface area contributed by atoms with Crippen LogP contribution in [0.1, 0.15) is 72.6 Å². The van der Waals surface area contributed by atoms with Crippen molar-refractivity contribution in [3.63, 3.8) is 0 Å². The van der Waals surface area contributed by atoms with Gasteiger partial charge in [-0.1, -0.05) is 76.0 Å². The first kappa shape index (κ1) is 27.1. The summed E-state index contributed by atoms with van der Waals surface area (Å²) >= 11 is 0. The maximum atomic E-state index is 12.7. The van der Waals surface area contributed by atoms with Gasteiger partial charge in [0.15, 0.2) is 0 Å². The molecule has 3 heteroatoms. The van der Waals surface area contributed by atoms with Gasteiger partial charge in [0.05, 0.1) is 0 Å². The molecule has 0 aromatic heterocycles. The van der Waals surface area contributed by atoms with Crippen molar-refractivity contribution in [1.82, 2.24) is 9.80 Å². The van der Waals surface area contributed by atoms with Crippen LogP contribution >= 0.6 is 0 Å². The lowest BCUT2D eigenvalue weighted by atomic mass is 9.84. The summed E-state index contributed by atoms with van der Waals surface area (Å²) in [7, 11) is 0. The Hall–Kier alpha value is -2.13. The van der Waals surface area contributed by atoms with Gasteiger partial charge in [0.2, 0.25) is 5.91 Å². The molecule has 1 amide bonds. The number of carbonyl (C=O) groups is 1. The topological polar surface area (TPSA) is 23.6 Å². The quantitative estimate of drug-likeness (QED) is 0.334. The minimum Gasteiger partial charge on any atom is -0.342 e. The van der Waals surface area contributed by atoms with Crippen LogP contribution in [0.4, 0.5) is 0 Å². The summed E-state index contributed by atoms with van der Waals surface area (Å²) in [5.74, 6) is 0.341. The number of amides is 1. The monoisotopic (exact) mass is 450 g/mol. The first-order valence-electron chi connectivity index (χ1n) is 12.9. The summed E-state index contributed by atoms with van der Waals surface area (Å²) in [6.45, 7) is 21.8. The van der Waals surface area contributed by atoms with Crippen LogP contribution in [0.25, 0.3) is 0 Å². The Balaban J connectivity index is 1.97. The smallest absolute Gasteiger partial charge is 0.222 e. The molecule has 0 atom stereocenters. The summed E-state index contributed by atoms with van der Waals surface area (Å²) in [6.07, 6.45) is 19.7. The standard InChI is InChI=1S/C30H46N2O/c1-7-11-15-26(10-4)29(25(9-3)14-8-2)27-17-22-31(23-18-27)20-12-16-28(33)32-21-13-19-30(5,6)24-32/h8-11,14-15H,2-3,7,12-13,16-24H2,1,4-6H3/b15-11-,25-14+,26-10+. The summed E-state index contributed by atoms with van der Waals surface area (Å²) in [5, 5.41) is 0. The molecule has 0 unspecified atom stereocenters. The van der Waals surface area contributed by atoms with E-state index in [0.29, 0.717) is 12.3 Å². The van der Waals surface area contributed by atoms with Crippen LogP contribution in [0.2, 0.25) is 0 Å². The Bertz CT molecular complexity index is 799. The van der Waals surface area contributed by atoms with E-state index in [1.807, 2.05) is 12.2 Å². The Morgan fingerprint density at radius 1 is 1.12 bits per heavy atom. The van der Waals surface area contributed by atoms with Crippen LogP contribution in [-0.4, -0.2) is 48.4 Å². The van der Waals surface area contributed by atoms with Crippen molar-refractivity contribution >= 4 is 5.91 Å². The third-order valence-corrected chi connectivity index (χ3v) is 6.87. The summed E-state index contributed by atoms with van der Waals surface area (Å²) in [5.41, 5.74) is 5.50. The molecule has 2 aliphatic heterocycles. The Kier molecular flexibility index (Phi) is 11.1. The molecular formula is C30H46N2O. The van der Waals surface area contributed by atoms with E-state index >= 15 is 0 Å². The molecular weight excluding hydrogens is 404 g/mol. The van der Waals surface area contributed by atoms with E-state index in [9.17, 15) is 4.79 Å². The zero-order valence-electron chi connectivity index (χ0n) is 21.7. The second-order valence-corrected chi connectivity index (χ2v) is 10.1. The van der Waals surface area contributed by atoms with Crippen molar-refractivity contribution in [2.45, 2.75) is 72.6 Å². The molecule has 0 saturated carbocycles. The van der Waals surface area contributed by atoms with Crippen LogP contribution < -0.4 is 0 Å². The van der Waals surface area contributed by atoms with E-state index in [4.69, 9.17) is 0 Å². The van der Waals surface area contributed by atoms with E-state index < -0.39 is 0 Å². The van der Waals surface area contributed by atoms with Gasteiger partial charge in [0, 0.05) is 32.6 Å². The lowest BCUT2D eigenvalue weighted by Crippen LogP contribution is -2.43. The lowest BCUT2D eigenvalue weighted by Gasteiger charge is -2.38. The van der Waals surface area contributed by atoms with E-state index in [0.717, 1.165) is 70.4 Å². The third-order valence-electron chi connectivity index (χ3n) is 6.87. The largest absolute Gasteiger partial charge is 0.342 e. The molecule has 3 nitrogen and oxygen atoms in total. The number of hydrogen-bond acceptors (Lipinski definition) is 2. The molecule has 2 aliphatic rings. The van der Waals surface area contributed by atoms with Crippen LogP contribution in [-0.2, 0) is 4.79 Å². The van der Waals surface area contributed by atoms with Crippen molar-refractivity contribution in [1.29, 1.82) is 0 Å². The van der Waals surface area contributed by atoms with E-state index in [1.54, 1.807) is 0 Å². The van der Waals surface area contributed by atoms with Gasteiger partial charge in [-0.05, 0) is 74.1 Å². The second kappa shape index (κ2) is 13.5. The highest BCUT2D eigenvalue weighted by Gasteiger charge is 2.29. The maximum absolute atomic E-state index is 12.7. The van der Waals surface area contributed by atoms with Gasteiger partial charge in [-0.3, -0.25) is 4.79 Å². The van der Waals surface area contributed by atoms with Crippen molar-refractivity contribution in [2.24, 2.45) is 5.41 Å². The third kappa shape index (κ3) is 8.30. The van der Waals surface area contributed by atoms with E-state index in [2.05, 4.69) is 75.0 Å². The molecule has 2 rings (SSSR count). The molecule has 0 spiro atoms. The second-order valence-electron chi connectivity index (χ2n) is 10.1. The van der Waals surface area contributed by atoms with Crippen molar-refractivity contribution in [3.05, 3.63) is 71.9 Å². The number of piperidine rings is 2. The van der Waals surface area contributed by atoms with Gasteiger partial charge >= 0.3 is 0 Å². The van der Waals surface area contributed by atoms with Crippen molar-refractivity contribution in [3.8, 4) is 0 Å². The van der Waals surface area contributed by atoms with Gasteiger partial charge in [-0.2, -0.15) is 0 Å². The molecule has 2 saturated heterocycles. The molecule has 2 heterocycles. The highest BCUT2D eigenvalue weighted by atomic mass is 16.2. The number of hydrogen-bond donors (Lipinski definition) is 0. The molecule has 0 radical (unpaired) electrons. The van der Waals surface area contributed by atoms with Crippen LogP contribution in [0.3, 0.4) is 0 Å². The van der Waals surface area contributed by atoms with Crippen LogP contribution in [0, 0.1) is 5.41 Å². The molecule has 0 aromatic carbocycles. The van der Waals surface area contributed by atoms with Gasteiger partial charge in [-0.15, -0.1) is 0 Å². The molecule has 0 bridgehead atoms. The zero-order valence-corrected chi connectivity index (χ0v) is 21.7. The summed E-state index contributed by atoms with van der Waals surface area (Å²) in [4.78, 5) is 17.3. The van der Waals surface area contributed by atoms with Crippen LogP contribution in [0.5, 0.6) is 0 Å². The minimum absolute atomic E-state index is 0.268. The van der Waals surface area contributed by atoms with E-state index in [1.165, 1.54) is 23.1 Å². The fourth-order valence-electron chi connectivity index (χ4n) is 5.07. The van der Waals surface area contributed by atoms with E-state index in [-0.39, 0.29) is 5.41 Å². The number of rotatable bonds is 10. The molecule has 0 aliphatic carbocycles. The van der Waals surface area contributed by atoms with Gasteiger partial charge in [-0.25, -0.2) is 0 Å². The summed E-state index contributed by atoms with van der Waals surface area (Å²) < 4.78 is 0.